The SMILES string of the molecule is COc1ccc([C@H](CNC(=O)CN2Cc3ccccc3C[C@H]2C(N)=O)c2c[nH]c3ccccc23)cc1. The number of ether oxygens (including phenoxy) is 1. The molecule has 7 heteroatoms. The Morgan fingerprint density at radius 1 is 1.06 bits per heavy atom. The summed E-state index contributed by atoms with van der Waals surface area (Å²) in [6, 6.07) is 23.6. The van der Waals surface area contributed by atoms with Crippen LogP contribution in [0.2, 0.25) is 0 Å². The van der Waals surface area contributed by atoms with E-state index in [4.69, 9.17) is 10.5 Å². The summed E-state index contributed by atoms with van der Waals surface area (Å²) in [6.07, 6.45) is 2.53. The number of carbonyl (C=O) groups excluding carboxylic acids is 2. The number of benzene rings is 3. The lowest BCUT2D eigenvalue weighted by Crippen LogP contribution is -2.52. The number of H-pyrrole nitrogens is 1. The minimum atomic E-state index is -0.503. The molecule has 3 aromatic carbocycles. The van der Waals surface area contributed by atoms with Gasteiger partial charge in [-0.05, 0) is 46.9 Å². The maximum Gasteiger partial charge on any atom is 0.235 e. The zero-order chi connectivity index (χ0) is 25.1. The molecule has 0 saturated carbocycles. The Balaban J connectivity index is 1.35. The van der Waals surface area contributed by atoms with Gasteiger partial charge in [-0.1, -0.05) is 54.6 Å². The third-order valence-electron chi connectivity index (χ3n) is 7.04. The molecule has 1 aliphatic heterocycles. The van der Waals surface area contributed by atoms with Crippen LogP contribution in [0.4, 0.5) is 0 Å². The lowest BCUT2D eigenvalue weighted by Gasteiger charge is -2.34. The van der Waals surface area contributed by atoms with E-state index in [-0.39, 0.29) is 18.4 Å². The molecule has 0 aliphatic carbocycles. The van der Waals surface area contributed by atoms with Crippen molar-refractivity contribution in [2.24, 2.45) is 5.73 Å². The molecule has 2 atom stereocenters. The number of nitrogens with one attached hydrogen (secondary N) is 2. The quantitative estimate of drug-likeness (QED) is 0.359. The van der Waals surface area contributed by atoms with Gasteiger partial charge in [-0.25, -0.2) is 0 Å². The number of primary amides is 1. The number of fused-ring (bicyclic) bond motifs is 2. The topological polar surface area (TPSA) is 100 Å². The Bertz CT molecular complexity index is 1380. The number of hydrogen-bond acceptors (Lipinski definition) is 4. The van der Waals surface area contributed by atoms with Crippen LogP contribution in [-0.4, -0.2) is 47.9 Å². The van der Waals surface area contributed by atoms with Gasteiger partial charge in [0.15, 0.2) is 0 Å². The Morgan fingerprint density at radius 2 is 1.78 bits per heavy atom. The number of aromatic amines is 1. The lowest BCUT2D eigenvalue weighted by molar-refractivity contribution is -0.127. The molecule has 4 N–H and O–H groups in total. The highest BCUT2D eigenvalue weighted by Crippen LogP contribution is 2.31. The highest BCUT2D eigenvalue weighted by atomic mass is 16.5. The van der Waals surface area contributed by atoms with Gasteiger partial charge in [0.1, 0.15) is 5.75 Å². The van der Waals surface area contributed by atoms with Gasteiger partial charge in [0.25, 0.3) is 0 Å². The normalized spacial score (nSPS) is 16.3. The highest BCUT2D eigenvalue weighted by Gasteiger charge is 2.31. The van der Waals surface area contributed by atoms with Crippen LogP contribution in [-0.2, 0) is 22.6 Å². The van der Waals surface area contributed by atoms with Crippen LogP contribution in [0.25, 0.3) is 10.9 Å². The van der Waals surface area contributed by atoms with E-state index in [9.17, 15) is 9.59 Å². The molecule has 0 saturated heterocycles. The zero-order valence-electron chi connectivity index (χ0n) is 20.2. The summed E-state index contributed by atoms with van der Waals surface area (Å²) in [7, 11) is 1.64. The summed E-state index contributed by atoms with van der Waals surface area (Å²) >= 11 is 0. The number of carbonyl (C=O) groups is 2. The van der Waals surface area contributed by atoms with E-state index in [1.807, 2.05) is 77.8 Å². The molecule has 2 heterocycles. The maximum atomic E-state index is 13.1. The highest BCUT2D eigenvalue weighted by molar-refractivity contribution is 5.85. The second-order valence-electron chi connectivity index (χ2n) is 9.22. The predicted octanol–water partition coefficient (Wildman–Crippen LogP) is 3.34. The van der Waals surface area contributed by atoms with Crippen LogP contribution in [0.15, 0.2) is 79.0 Å². The number of amides is 2. The molecule has 1 aliphatic rings. The van der Waals surface area contributed by atoms with Crippen molar-refractivity contribution in [1.82, 2.24) is 15.2 Å². The number of methoxy groups -OCH3 is 1. The average molecular weight is 483 g/mol. The Hall–Kier alpha value is -4.10. The van der Waals surface area contributed by atoms with Gasteiger partial charge in [0.05, 0.1) is 19.7 Å². The second kappa shape index (κ2) is 10.3. The van der Waals surface area contributed by atoms with Gasteiger partial charge >= 0.3 is 0 Å². The predicted molar refractivity (Wildman–Crippen MR) is 140 cm³/mol. The van der Waals surface area contributed by atoms with Gasteiger partial charge in [-0.2, -0.15) is 0 Å². The molecular weight excluding hydrogens is 452 g/mol. The Morgan fingerprint density at radius 3 is 2.53 bits per heavy atom. The first kappa shape index (κ1) is 23.6. The number of aromatic nitrogens is 1. The van der Waals surface area contributed by atoms with Crippen LogP contribution in [0.3, 0.4) is 0 Å². The Kier molecular flexibility index (Phi) is 6.73. The summed E-state index contributed by atoms with van der Waals surface area (Å²) in [5.41, 5.74) is 11.2. The van der Waals surface area contributed by atoms with Crippen molar-refractivity contribution in [2.45, 2.75) is 24.9 Å². The number of rotatable bonds is 8. The van der Waals surface area contributed by atoms with Crippen LogP contribution in [0.1, 0.15) is 28.2 Å². The average Bonchev–Trinajstić information content (AvgIpc) is 3.32. The fraction of sp³-hybridized carbons (Fsp3) is 0.241. The molecule has 7 nitrogen and oxygen atoms in total. The van der Waals surface area contributed by atoms with Gasteiger partial charge in [0, 0.05) is 36.1 Å². The van der Waals surface area contributed by atoms with Crippen LogP contribution >= 0.6 is 0 Å². The van der Waals surface area contributed by atoms with Crippen molar-refractivity contribution >= 4 is 22.7 Å². The zero-order valence-corrected chi connectivity index (χ0v) is 20.2. The number of hydrogen-bond donors (Lipinski definition) is 3. The lowest BCUT2D eigenvalue weighted by atomic mass is 9.90. The monoisotopic (exact) mass is 482 g/mol. The van der Waals surface area contributed by atoms with Crippen LogP contribution < -0.4 is 15.8 Å². The smallest absolute Gasteiger partial charge is 0.235 e. The number of para-hydroxylation sites is 1. The minimum absolute atomic E-state index is 0.0648. The van der Waals surface area contributed by atoms with E-state index in [1.54, 1.807) is 7.11 Å². The maximum absolute atomic E-state index is 13.1. The summed E-state index contributed by atoms with van der Waals surface area (Å²) in [4.78, 5) is 30.5. The summed E-state index contributed by atoms with van der Waals surface area (Å²) in [6.45, 7) is 1.03. The molecule has 0 bridgehead atoms. The summed E-state index contributed by atoms with van der Waals surface area (Å²) < 4.78 is 5.33. The molecule has 2 amide bonds. The van der Waals surface area contributed by atoms with E-state index in [0.717, 1.165) is 38.9 Å². The van der Waals surface area contributed by atoms with Gasteiger partial charge in [0.2, 0.25) is 11.8 Å². The molecule has 5 rings (SSSR count). The molecule has 4 aromatic rings. The molecule has 0 fully saturated rings. The van der Waals surface area contributed by atoms with E-state index < -0.39 is 11.9 Å². The van der Waals surface area contributed by atoms with E-state index in [0.29, 0.717) is 19.5 Å². The van der Waals surface area contributed by atoms with Gasteiger partial charge in [-0.15, -0.1) is 0 Å². The first-order chi connectivity index (χ1) is 17.5. The van der Waals surface area contributed by atoms with Crippen molar-refractivity contribution in [3.63, 3.8) is 0 Å². The van der Waals surface area contributed by atoms with Crippen molar-refractivity contribution in [2.75, 3.05) is 20.2 Å². The molecule has 1 aromatic heterocycles. The number of nitrogens with zero attached hydrogens (tertiary/aromatic N) is 1. The van der Waals surface area contributed by atoms with E-state index in [1.165, 1.54) is 0 Å². The van der Waals surface area contributed by atoms with Crippen LogP contribution in [0, 0.1) is 0 Å². The second-order valence-corrected chi connectivity index (χ2v) is 9.22. The van der Waals surface area contributed by atoms with Crippen molar-refractivity contribution < 1.29 is 14.3 Å². The molecule has 36 heavy (non-hydrogen) atoms. The van der Waals surface area contributed by atoms with Gasteiger partial charge in [-0.3, -0.25) is 14.5 Å². The molecule has 0 radical (unpaired) electrons. The largest absolute Gasteiger partial charge is 0.497 e. The number of nitrogens with two attached hydrogens (primary N) is 1. The van der Waals surface area contributed by atoms with Crippen LogP contribution in [0.5, 0.6) is 5.75 Å². The third kappa shape index (κ3) is 4.83. The van der Waals surface area contributed by atoms with E-state index >= 15 is 0 Å². The van der Waals surface area contributed by atoms with Crippen molar-refractivity contribution in [3.05, 3.63) is 101 Å². The first-order valence-electron chi connectivity index (χ1n) is 12.1. The van der Waals surface area contributed by atoms with Gasteiger partial charge < -0.3 is 20.8 Å². The Labute approximate surface area is 210 Å². The fourth-order valence-corrected chi connectivity index (χ4v) is 5.11. The molecule has 0 spiro atoms. The van der Waals surface area contributed by atoms with Crippen molar-refractivity contribution in [3.8, 4) is 5.75 Å². The van der Waals surface area contributed by atoms with E-state index in [2.05, 4.69) is 16.4 Å². The first-order valence-corrected chi connectivity index (χ1v) is 12.1. The third-order valence-corrected chi connectivity index (χ3v) is 7.04. The fourth-order valence-electron chi connectivity index (χ4n) is 5.11. The molecule has 184 valence electrons. The molecular formula is C29H30N4O3. The summed E-state index contributed by atoms with van der Waals surface area (Å²) in [5, 5.41) is 4.24. The summed E-state index contributed by atoms with van der Waals surface area (Å²) in [5.74, 6) is 0.166. The standard InChI is InChI=1S/C29H30N4O3/c1-36-22-12-10-19(11-13-22)24(25-16-31-26-9-5-4-8-23(25)26)15-32-28(34)18-33-17-21-7-3-2-6-20(21)14-27(33)29(30)35/h2-13,16,24,27,31H,14-15,17-18H2,1H3,(H2,30,35)(H,32,34)/t24-,27-/m0/s1. The minimum Gasteiger partial charge on any atom is -0.497 e. The molecule has 0 unspecified atom stereocenters. The van der Waals surface area contributed by atoms with Crippen molar-refractivity contribution in [1.29, 1.82) is 0 Å².